The number of hydrogen-bond acceptors (Lipinski definition) is 4. The highest BCUT2D eigenvalue weighted by Crippen LogP contribution is 2.46. The maximum absolute atomic E-state index is 5.90. The summed E-state index contributed by atoms with van der Waals surface area (Å²) in [5, 5.41) is 4.14. The Bertz CT molecular complexity index is 1310. The molecule has 0 spiro atoms. The molecule has 4 aromatic rings. The summed E-state index contributed by atoms with van der Waals surface area (Å²) in [5.74, 6) is 1.41. The normalized spacial score (nSPS) is 17.5. The van der Waals surface area contributed by atoms with E-state index in [2.05, 4.69) is 63.1 Å². The summed E-state index contributed by atoms with van der Waals surface area (Å²) >= 11 is 5.90. The highest BCUT2D eigenvalue weighted by molar-refractivity contribution is 7.80. The first-order chi connectivity index (χ1) is 16.6. The van der Waals surface area contributed by atoms with Crippen LogP contribution in [0.1, 0.15) is 29.2 Å². The van der Waals surface area contributed by atoms with E-state index in [-0.39, 0.29) is 12.1 Å². The Kier molecular flexibility index (Phi) is 5.94. The fourth-order valence-corrected chi connectivity index (χ4v) is 4.96. The first kappa shape index (κ1) is 22.0. The van der Waals surface area contributed by atoms with Crippen LogP contribution in [0.4, 0.5) is 5.69 Å². The topological polar surface area (TPSA) is 51.5 Å². The Hall–Kier alpha value is -3.84. The van der Waals surface area contributed by atoms with Crippen molar-refractivity contribution in [2.75, 3.05) is 19.1 Å². The highest BCUT2D eigenvalue weighted by atomic mass is 32.1. The molecule has 172 valence electrons. The molecule has 0 radical (unpaired) electrons. The molecule has 7 heteroatoms. The summed E-state index contributed by atoms with van der Waals surface area (Å²) in [6, 6.07) is 26.1. The number of anilines is 1. The van der Waals surface area contributed by atoms with Gasteiger partial charge in [-0.1, -0.05) is 24.3 Å². The van der Waals surface area contributed by atoms with Gasteiger partial charge in [-0.15, -0.1) is 0 Å². The molecule has 2 aromatic carbocycles. The lowest BCUT2D eigenvalue weighted by Crippen LogP contribution is -2.30. The number of pyridine rings is 1. The van der Waals surface area contributed by atoms with Gasteiger partial charge >= 0.3 is 0 Å². The van der Waals surface area contributed by atoms with Gasteiger partial charge in [0, 0.05) is 29.3 Å². The van der Waals surface area contributed by atoms with Gasteiger partial charge in [-0.25, -0.2) is 0 Å². The van der Waals surface area contributed by atoms with Gasteiger partial charge in [0.15, 0.2) is 5.11 Å². The van der Waals surface area contributed by atoms with Crippen molar-refractivity contribution in [2.24, 2.45) is 0 Å². The van der Waals surface area contributed by atoms with Gasteiger partial charge in [0.05, 0.1) is 31.6 Å². The third-order valence-electron chi connectivity index (χ3n) is 6.17. The third-order valence-corrected chi connectivity index (χ3v) is 6.48. The quantitative estimate of drug-likeness (QED) is 0.382. The summed E-state index contributed by atoms with van der Waals surface area (Å²) in [4.78, 5) is 6.80. The summed E-state index contributed by atoms with van der Waals surface area (Å²) in [7, 11) is 3.30. The molecule has 1 saturated heterocycles. The Labute approximate surface area is 204 Å². The van der Waals surface area contributed by atoms with E-state index in [1.54, 1.807) is 14.2 Å². The molecule has 0 saturated carbocycles. The highest BCUT2D eigenvalue weighted by Gasteiger charge is 2.43. The number of ether oxygens (including phenoxy) is 2. The number of aromatic nitrogens is 2. The Morgan fingerprint density at radius 2 is 1.71 bits per heavy atom. The van der Waals surface area contributed by atoms with Crippen LogP contribution >= 0.6 is 12.2 Å². The second kappa shape index (κ2) is 9.19. The molecule has 1 fully saturated rings. The second-order valence-corrected chi connectivity index (χ2v) is 8.49. The van der Waals surface area contributed by atoms with Crippen LogP contribution < -0.4 is 19.7 Å². The zero-order chi connectivity index (χ0) is 23.7. The van der Waals surface area contributed by atoms with Crippen LogP contribution in [-0.4, -0.2) is 28.9 Å². The van der Waals surface area contributed by atoms with Gasteiger partial charge < -0.3 is 24.3 Å². The lowest BCUT2D eigenvalue weighted by atomic mass is 10.0. The van der Waals surface area contributed by atoms with E-state index in [0.29, 0.717) is 10.9 Å². The van der Waals surface area contributed by atoms with E-state index < -0.39 is 0 Å². The van der Waals surface area contributed by atoms with Crippen LogP contribution in [0.2, 0.25) is 0 Å². The van der Waals surface area contributed by atoms with Gasteiger partial charge in [0.25, 0.3) is 0 Å². The minimum absolute atomic E-state index is 0.155. The lowest BCUT2D eigenvalue weighted by molar-refractivity contribution is 0.394. The van der Waals surface area contributed by atoms with Crippen molar-refractivity contribution in [2.45, 2.75) is 19.0 Å². The van der Waals surface area contributed by atoms with Gasteiger partial charge in [-0.2, -0.15) is 0 Å². The van der Waals surface area contributed by atoms with E-state index >= 15 is 0 Å². The zero-order valence-corrected chi connectivity index (χ0v) is 20.1. The van der Waals surface area contributed by atoms with Crippen molar-refractivity contribution < 1.29 is 9.47 Å². The number of nitrogens with one attached hydrogen (secondary N) is 1. The molecule has 6 nitrogen and oxygen atoms in total. The molecule has 3 heterocycles. The number of rotatable bonds is 6. The molecule has 2 aromatic heterocycles. The smallest absolute Gasteiger partial charge is 0.174 e. The molecule has 2 atom stereocenters. The number of para-hydroxylation sites is 1. The molecule has 0 bridgehead atoms. The second-order valence-electron chi connectivity index (χ2n) is 8.10. The summed E-state index contributed by atoms with van der Waals surface area (Å²) in [6.07, 6.45) is 1.81. The predicted molar refractivity (Wildman–Crippen MR) is 138 cm³/mol. The standard InChI is InChI=1S/C27H26N4O2S/c1-18-12-14-23(30(18)19-9-5-4-6-10-19)26-25(21-11-7-8-16-28-21)29-27(34)31(26)22-15-13-20(32-2)17-24(22)33-3/h4-17,25-26H,1-3H3,(H,29,34)/t25-,26-/m0/s1. The van der Waals surface area contributed by atoms with Gasteiger partial charge in [0.2, 0.25) is 0 Å². The molecule has 1 N–H and O–H groups in total. The first-order valence-electron chi connectivity index (χ1n) is 11.1. The Morgan fingerprint density at radius 1 is 0.912 bits per heavy atom. The molecule has 1 aliphatic heterocycles. The number of thiocarbonyl (C=S) groups is 1. The number of aryl methyl sites for hydroxylation is 1. The minimum Gasteiger partial charge on any atom is -0.497 e. The van der Waals surface area contributed by atoms with E-state index in [0.717, 1.165) is 34.2 Å². The number of hydrogen-bond donors (Lipinski definition) is 1. The van der Waals surface area contributed by atoms with Crippen LogP contribution in [0.25, 0.3) is 5.69 Å². The first-order valence-corrected chi connectivity index (χ1v) is 11.5. The molecular formula is C27H26N4O2S. The van der Waals surface area contributed by atoms with E-state index in [1.807, 2.05) is 48.7 Å². The van der Waals surface area contributed by atoms with E-state index in [9.17, 15) is 0 Å². The predicted octanol–water partition coefficient (Wildman–Crippen LogP) is 5.38. The molecular weight excluding hydrogens is 444 g/mol. The summed E-state index contributed by atoms with van der Waals surface area (Å²) < 4.78 is 13.5. The van der Waals surface area contributed by atoms with Crippen LogP contribution in [0.15, 0.2) is 85.1 Å². The lowest BCUT2D eigenvalue weighted by Gasteiger charge is -2.30. The fraction of sp³-hybridized carbons (Fsp3) is 0.185. The average Bonchev–Trinajstić information content (AvgIpc) is 3.43. The average molecular weight is 471 g/mol. The third kappa shape index (κ3) is 3.78. The van der Waals surface area contributed by atoms with Crippen molar-refractivity contribution >= 4 is 23.0 Å². The maximum Gasteiger partial charge on any atom is 0.174 e. The summed E-state index contributed by atoms with van der Waals surface area (Å²) in [5.41, 5.74) is 5.12. The molecule has 0 amide bonds. The van der Waals surface area contributed by atoms with Gasteiger partial charge in [-0.05, 0) is 67.7 Å². The number of methoxy groups -OCH3 is 2. The maximum atomic E-state index is 5.90. The van der Waals surface area contributed by atoms with Crippen molar-refractivity contribution in [3.05, 3.63) is 102 Å². The SMILES string of the molecule is COc1ccc(N2C(=S)N[C@@H](c3ccccn3)[C@@H]2c2ccc(C)n2-c2ccccc2)c(OC)c1. The van der Waals surface area contributed by atoms with Crippen molar-refractivity contribution in [3.63, 3.8) is 0 Å². The van der Waals surface area contributed by atoms with E-state index in [4.69, 9.17) is 21.7 Å². The molecule has 0 aliphatic carbocycles. The van der Waals surface area contributed by atoms with Crippen molar-refractivity contribution in [1.82, 2.24) is 14.9 Å². The van der Waals surface area contributed by atoms with Crippen LogP contribution in [0, 0.1) is 6.92 Å². The van der Waals surface area contributed by atoms with Crippen LogP contribution in [-0.2, 0) is 0 Å². The Morgan fingerprint density at radius 3 is 2.41 bits per heavy atom. The van der Waals surface area contributed by atoms with Crippen LogP contribution in [0.3, 0.4) is 0 Å². The summed E-state index contributed by atoms with van der Waals surface area (Å²) in [6.45, 7) is 2.12. The van der Waals surface area contributed by atoms with E-state index in [1.165, 1.54) is 0 Å². The van der Waals surface area contributed by atoms with Crippen molar-refractivity contribution in [3.8, 4) is 17.2 Å². The Balaban J connectivity index is 1.72. The molecule has 1 aliphatic rings. The zero-order valence-electron chi connectivity index (χ0n) is 19.3. The van der Waals surface area contributed by atoms with Gasteiger partial charge in [0.1, 0.15) is 17.5 Å². The largest absolute Gasteiger partial charge is 0.497 e. The fourth-order valence-electron chi connectivity index (χ4n) is 4.62. The minimum atomic E-state index is -0.168. The monoisotopic (exact) mass is 470 g/mol. The number of nitrogens with zero attached hydrogens (tertiary/aromatic N) is 3. The van der Waals surface area contributed by atoms with Crippen LogP contribution in [0.5, 0.6) is 11.5 Å². The van der Waals surface area contributed by atoms with Crippen molar-refractivity contribution in [1.29, 1.82) is 0 Å². The number of benzene rings is 2. The van der Waals surface area contributed by atoms with Gasteiger partial charge in [-0.3, -0.25) is 4.98 Å². The molecule has 34 heavy (non-hydrogen) atoms. The molecule has 0 unspecified atom stereocenters. The molecule has 5 rings (SSSR count).